The van der Waals surface area contributed by atoms with E-state index in [1.165, 1.54) is 6.92 Å². The third kappa shape index (κ3) is 7.20. The van der Waals surface area contributed by atoms with Gasteiger partial charge in [0.25, 0.3) is 0 Å². The Labute approximate surface area is 226 Å². The zero-order chi connectivity index (χ0) is 27.2. The second-order valence-electron chi connectivity index (χ2n) is 9.56. The summed E-state index contributed by atoms with van der Waals surface area (Å²) in [5, 5.41) is 6.32. The predicted molar refractivity (Wildman–Crippen MR) is 150 cm³/mol. The first kappa shape index (κ1) is 26.8. The van der Waals surface area contributed by atoms with Gasteiger partial charge in [0.2, 0.25) is 5.95 Å². The fraction of sp³-hybridized carbons (Fsp3) is 0.333. The van der Waals surface area contributed by atoms with E-state index in [0.717, 1.165) is 18.4 Å². The molecule has 0 spiro atoms. The Hall–Kier alpha value is -3.79. The fourth-order valence-corrected chi connectivity index (χ4v) is 5.86. The summed E-state index contributed by atoms with van der Waals surface area (Å²) in [6.07, 6.45) is 3.98. The van der Waals surface area contributed by atoms with Crippen molar-refractivity contribution in [1.82, 2.24) is 24.6 Å². The molecule has 12 heteroatoms. The van der Waals surface area contributed by atoms with Crippen molar-refractivity contribution >= 4 is 36.2 Å². The molecule has 1 saturated carbocycles. The maximum absolute atomic E-state index is 14.0. The SMILES string of the molecule is CC(=O)[C@H](Cc1ccccc1)NP(=O)(COCCn1cnc2c(NC3CC3)nc(N)nc21)Oc1ccccc1. The van der Waals surface area contributed by atoms with Gasteiger partial charge in [-0.25, -0.2) is 10.1 Å². The van der Waals surface area contributed by atoms with Crippen molar-refractivity contribution in [3.63, 3.8) is 0 Å². The topological polar surface area (TPSA) is 146 Å². The molecule has 4 N–H and O–H groups in total. The van der Waals surface area contributed by atoms with Crippen LogP contribution in [0.25, 0.3) is 11.2 Å². The Kier molecular flexibility index (Phi) is 8.21. The number of hydrogen-bond donors (Lipinski definition) is 3. The van der Waals surface area contributed by atoms with E-state index in [1.54, 1.807) is 30.6 Å². The van der Waals surface area contributed by atoms with Gasteiger partial charge in [-0.15, -0.1) is 0 Å². The lowest BCUT2D eigenvalue weighted by Gasteiger charge is -2.25. The normalized spacial score (nSPS) is 15.5. The lowest BCUT2D eigenvalue weighted by Crippen LogP contribution is -2.37. The van der Waals surface area contributed by atoms with Crippen molar-refractivity contribution in [3.8, 4) is 5.75 Å². The maximum Gasteiger partial charge on any atom is 0.342 e. The third-order valence-electron chi connectivity index (χ3n) is 6.26. The number of hydrogen-bond acceptors (Lipinski definition) is 9. The Balaban J connectivity index is 1.27. The van der Waals surface area contributed by atoms with Crippen molar-refractivity contribution in [2.45, 2.75) is 44.8 Å². The van der Waals surface area contributed by atoms with Crippen LogP contribution in [0.3, 0.4) is 0 Å². The predicted octanol–water partition coefficient (Wildman–Crippen LogP) is 4.02. The van der Waals surface area contributed by atoms with Crippen LogP contribution in [0, 0.1) is 0 Å². The summed E-state index contributed by atoms with van der Waals surface area (Å²) in [5.41, 5.74) is 8.11. The Morgan fingerprint density at radius 2 is 1.85 bits per heavy atom. The zero-order valence-corrected chi connectivity index (χ0v) is 22.6. The summed E-state index contributed by atoms with van der Waals surface area (Å²) in [7, 11) is -3.64. The molecule has 1 unspecified atom stereocenters. The second-order valence-corrected chi connectivity index (χ2v) is 11.6. The number of fused-ring (bicyclic) bond motifs is 1. The van der Waals surface area contributed by atoms with Gasteiger partial charge in [-0.05, 0) is 43.9 Å². The summed E-state index contributed by atoms with van der Waals surface area (Å²) >= 11 is 0. The first-order valence-electron chi connectivity index (χ1n) is 12.9. The Morgan fingerprint density at radius 3 is 2.54 bits per heavy atom. The number of para-hydroxylation sites is 1. The first-order chi connectivity index (χ1) is 18.9. The minimum Gasteiger partial charge on any atom is -0.431 e. The molecule has 5 rings (SSSR count). The summed E-state index contributed by atoms with van der Waals surface area (Å²) in [6, 6.07) is 18.1. The Morgan fingerprint density at radius 1 is 1.13 bits per heavy atom. The minimum absolute atomic E-state index is 0.145. The van der Waals surface area contributed by atoms with Crippen molar-refractivity contribution in [2.75, 3.05) is 24.0 Å². The third-order valence-corrected chi connectivity index (χ3v) is 7.99. The Bertz CT molecular complexity index is 1460. The highest BCUT2D eigenvalue weighted by Crippen LogP contribution is 2.44. The van der Waals surface area contributed by atoms with Gasteiger partial charge in [0, 0.05) is 12.6 Å². The average molecular weight is 550 g/mol. The van der Waals surface area contributed by atoms with Gasteiger partial charge >= 0.3 is 7.52 Å². The highest BCUT2D eigenvalue weighted by molar-refractivity contribution is 7.57. The summed E-state index contributed by atoms with van der Waals surface area (Å²) < 4.78 is 27.6. The summed E-state index contributed by atoms with van der Waals surface area (Å²) in [5.74, 6) is 1.06. The van der Waals surface area contributed by atoms with Crippen molar-refractivity contribution in [3.05, 3.63) is 72.6 Å². The molecule has 2 heterocycles. The van der Waals surface area contributed by atoms with Crippen molar-refractivity contribution in [2.24, 2.45) is 0 Å². The molecule has 1 aliphatic carbocycles. The average Bonchev–Trinajstić information content (AvgIpc) is 3.64. The van der Waals surface area contributed by atoms with Crippen LogP contribution in [0.1, 0.15) is 25.3 Å². The molecule has 204 valence electrons. The summed E-state index contributed by atoms with van der Waals surface area (Å²) in [6.45, 7) is 2.06. The molecule has 0 bridgehead atoms. The zero-order valence-electron chi connectivity index (χ0n) is 21.7. The number of carbonyl (C=O) groups is 1. The van der Waals surface area contributed by atoms with E-state index in [2.05, 4.69) is 25.4 Å². The first-order valence-corrected chi connectivity index (χ1v) is 14.7. The van der Waals surface area contributed by atoms with Gasteiger partial charge in [0.15, 0.2) is 17.0 Å². The number of anilines is 2. The van der Waals surface area contributed by atoms with Crippen LogP contribution in [0.2, 0.25) is 0 Å². The molecule has 0 aliphatic heterocycles. The molecule has 0 amide bonds. The van der Waals surface area contributed by atoms with E-state index in [9.17, 15) is 9.36 Å². The monoisotopic (exact) mass is 549 g/mol. The molecule has 2 aromatic heterocycles. The largest absolute Gasteiger partial charge is 0.431 e. The number of benzene rings is 2. The lowest BCUT2D eigenvalue weighted by atomic mass is 10.0. The van der Waals surface area contributed by atoms with Crippen molar-refractivity contribution in [1.29, 1.82) is 0 Å². The molecule has 0 radical (unpaired) electrons. The number of rotatable bonds is 14. The number of nitrogens with one attached hydrogen (secondary N) is 2. The smallest absolute Gasteiger partial charge is 0.342 e. The van der Waals surface area contributed by atoms with E-state index in [1.807, 2.05) is 41.0 Å². The van der Waals surface area contributed by atoms with Gasteiger partial charge in [-0.1, -0.05) is 48.5 Å². The molecular weight excluding hydrogens is 517 g/mol. The van der Waals surface area contributed by atoms with Gasteiger partial charge in [-0.3, -0.25) is 9.36 Å². The molecule has 2 aromatic carbocycles. The van der Waals surface area contributed by atoms with Gasteiger partial charge in [-0.2, -0.15) is 9.97 Å². The van der Waals surface area contributed by atoms with Crippen LogP contribution in [0.15, 0.2) is 67.0 Å². The number of imidazole rings is 1. The van der Waals surface area contributed by atoms with Gasteiger partial charge in [0.05, 0.1) is 19.0 Å². The summed E-state index contributed by atoms with van der Waals surface area (Å²) in [4.78, 5) is 25.6. The quantitative estimate of drug-likeness (QED) is 0.156. The number of nitrogen functional groups attached to an aromatic ring is 1. The number of nitrogens with zero attached hydrogens (tertiary/aromatic N) is 4. The van der Waals surface area contributed by atoms with E-state index in [-0.39, 0.29) is 24.7 Å². The van der Waals surface area contributed by atoms with Crippen LogP contribution in [-0.2, 0) is 27.1 Å². The van der Waals surface area contributed by atoms with Crippen molar-refractivity contribution < 1.29 is 18.6 Å². The number of ether oxygens (including phenoxy) is 1. The second kappa shape index (κ2) is 11.9. The van der Waals surface area contributed by atoms with Crippen LogP contribution in [-0.4, -0.2) is 50.3 Å². The van der Waals surface area contributed by atoms with Crippen LogP contribution < -0.4 is 20.7 Å². The van der Waals surface area contributed by atoms with Crippen LogP contribution in [0.5, 0.6) is 5.75 Å². The number of aromatic nitrogens is 4. The number of nitrogens with two attached hydrogens (primary N) is 1. The molecule has 1 fully saturated rings. The molecular formula is C27H32N7O4P. The van der Waals surface area contributed by atoms with E-state index >= 15 is 0 Å². The van der Waals surface area contributed by atoms with Crippen LogP contribution >= 0.6 is 7.52 Å². The van der Waals surface area contributed by atoms with Gasteiger partial charge in [0.1, 0.15) is 17.9 Å². The maximum atomic E-state index is 14.0. The number of Topliss-reactive ketones (excluding diaryl/α,β-unsaturated/α-hetero) is 1. The highest BCUT2D eigenvalue weighted by atomic mass is 31.2. The minimum atomic E-state index is -3.64. The molecule has 11 nitrogen and oxygen atoms in total. The number of carbonyl (C=O) groups excluding carboxylic acids is 1. The number of ketones is 1. The van der Waals surface area contributed by atoms with E-state index in [0.29, 0.717) is 41.7 Å². The van der Waals surface area contributed by atoms with Crippen LogP contribution in [0.4, 0.5) is 11.8 Å². The van der Waals surface area contributed by atoms with Gasteiger partial charge < -0.3 is 24.9 Å². The molecule has 4 aromatic rings. The molecule has 39 heavy (non-hydrogen) atoms. The molecule has 1 aliphatic rings. The lowest BCUT2D eigenvalue weighted by molar-refractivity contribution is -0.118. The molecule has 2 atom stereocenters. The van der Waals surface area contributed by atoms with E-state index in [4.69, 9.17) is 15.0 Å². The fourth-order valence-electron chi connectivity index (χ4n) is 4.10. The highest BCUT2D eigenvalue weighted by Gasteiger charge is 2.31. The standard InChI is InChI=1S/C27H32N7O4P/c1-19(35)23(16-20-8-4-2-5-9-20)33-39(36,38-22-10-6-3-7-11-22)18-37-15-14-34-17-29-24-25(30-21-12-13-21)31-27(28)32-26(24)34/h2-11,17,21,23H,12-16,18H2,1H3,(H,33,36)(H3,28,30,31,32)/t23-,39?/m0/s1. The van der Waals surface area contributed by atoms with E-state index < -0.39 is 13.6 Å². The molecule has 0 saturated heterocycles.